The average Bonchev–Trinajstić information content (AvgIpc) is 2.03. The van der Waals surface area contributed by atoms with Crippen LogP contribution in [0.3, 0.4) is 0 Å². The van der Waals surface area contributed by atoms with Gasteiger partial charge in [-0.3, -0.25) is 0 Å². The highest BCUT2D eigenvalue weighted by molar-refractivity contribution is 7.90. The highest BCUT2D eigenvalue weighted by Crippen LogP contribution is 2.10. The van der Waals surface area contributed by atoms with Crippen LogP contribution in [0.15, 0.2) is 23.4 Å². The minimum absolute atomic E-state index is 0.0805. The Hall–Kier alpha value is -0.940. The second-order valence-electron chi connectivity index (χ2n) is 2.99. The number of aromatic nitrogens is 1. The van der Waals surface area contributed by atoms with Gasteiger partial charge in [0.05, 0.1) is 0 Å². The molecule has 0 saturated heterocycles. The molecule has 1 atom stereocenters. The summed E-state index contributed by atoms with van der Waals surface area (Å²) in [6, 6.07) is 3.02. The van der Waals surface area contributed by atoms with Gasteiger partial charge in [0.2, 0.25) is 0 Å². The Bertz CT molecular complexity index is 381. The lowest BCUT2D eigenvalue weighted by Crippen LogP contribution is -2.07. The monoisotopic (exact) mass is 200 g/mol. The van der Waals surface area contributed by atoms with Crippen LogP contribution in [0.1, 0.15) is 18.5 Å². The van der Waals surface area contributed by atoms with Gasteiger partial charge < -0.3 is 5.73 Å². The van der Waals surface area contributed by atoms with E-state index in [2.05, 4.69) is 4.98 Å². The van der Waals surface area contributed by atoms with Crippen LogP contribution in [0.25, 0.3) is 0 Å². The van der Waals surface area contributed by atoms with Crippen molar-refractivity contribution in [2.24, 2.45) is 5.73 Å². The van der Waals surface area contributed by atoms with Gasteiger partial charge >= 0.3 is 0 Å². The molecule has 0 aliphatic rings. The Morgan fingerprint density at radius 2 is 2.08 bits per heavy atom. The second-order valence-corrected chi connectivity index (χ2v) is 4.95. The van der Waals surface area contributed by atoms with Gasteiger partial charge in [0, 0.05) is 18.5 Å². The van der Waals surface area contributed by atoms with Crippen LogP contribution in [-0.4, -0.2) is 19.7 Å². The maximum Gasteiger partial charge on any atom is 0.192 e. The van der Waals surface area contributed by atoms with Crippen LogP contribution in [-0.2, 0) is 9.84 Å². The summed E-state index contributed by atoms with van der Waals surface area (Å²) in [5.41, 5.74) is 6.41. The quantitative estimate of drug-likeness (QED) is 0.754. The van der Waals surface area contributed by atoms with Crippen LogP contribution in [0.5, 0.6) is 0 Å². The van der Waals surface area contributed by atoms with E-state index in [9.17, 15) is 8.42 Å². The predicted octanol–water partition coefficient (Wildman–Crippen LogP) is 0.505. The summed E-state index contributed by atoms with van der Waals surface area (Å²) in [5.74, 6) is 0. The summed E-state index contributed by atoms with van der Waals surface area (Å²) in [5, 5.41) is 0.0805. The average molecular weight is 200 g/mol. The van der Waals surface area contributed by atoms with Crippen LogP contribution >= 0.6 is 0 Å². The zero-order valence-corrected chi connectivity index (χ0v) is 8.38. The van der Waals surface area contributed by atoms with E-state index < -0.39 is 9.84 Å². The van der Waals surface area contributed by atoms with Gasteiger partial charge in [0.25, 0.3) is 0 Å². The first-order chi connectivity index (χ1) is 5.91. The van der Waals surface area contributed by atoms with Crippen molar-refractivity contribution in [3.05, 3.63) is 23.9 Å². The van der Waals surface area contributed by atoms with Crippen LogP contribution in [0.2, 0.25) is 0 Å². The number of nitrogens with zero attached hydrogens (tertiary/aromatic N) is 1. The molecule has 0 saturated carbocycles. The molecule has 2 N–H and O–H groups in total. The molecule has 0 fully saturated rings. The first kappa shape index (κ1) is 10.1. The van der Waals surface area contributed by atoms with E-state index in [4.69, 9.17) is 5.73 Å². The molecule has 4 nitrogen and oxygen atoms in total. The maximum absolute atomic E-state index is 11.0. The Labute approximate surface area is 77.7 Å². The fourth-order valence-corrected chi connectivity index (χ4v) is 1.44. The standard InChI is InChI=1S/C8H12N2O2S/c1-6(9)7-3-4-8(10-5-7)13(2,11)12/h3-6H,9H2,1-2H3. The molecular weight excluding hydrogens is 188 g/mol. The summed E-state index contributed by atoms with van der Waals surface area (Å²) in [4.78, 5) is 3.80. The van der Waals surface area contributed by atoms with Crippen molar-refractivity contribution in [3.8, 4) is 0 Å². The van der Waals surface area contributed by atoms with E-state index in [1.54, 1.807) is 6.07 Å². The Morgan fingerprint density at radius 3 is 2.38 bits per heavy atom. The molecule has 13 heavy (non-hydrogen) atoms. The van der Waals surface area contributed by atoms with Crippen LogP contribution < -0.4 is 5.73 Å². The van der Waals surface area contributed by atoms with Crippen molar-refractivity contribution in [1.82, 2.24) is 4.98 Å². The normalized spacial score (nSPS) is 14.1. The van der Waals surface area contributed by atoms with E-state index >= 15 is 0 Å². The third kappa shape index (κ3) is 2.50. The SMILES string of the molecule is CC(N)c1ccc(S(C)(=O)=O)nc1. The summed E-state index contributed by atoms with van der Waals surface area (Å²) in [6.07, 6.45) is 2.61. The predicted molar refractivity (Wildman–Crippen MR) is 49.9 cm³/mol. The molecule has 0 radical (unpaired) electrons. The van der Waals surface area contributed by atoms with E-state index in [1.807, 2.05) is 6.92 Å². The number of nitrogens with two attached hydrogens (primary N) is 1. The highest BCUT2D eigenvalue weighted by Gasteiger charge is 2.08. The molecule has 0 aliphatic heterocycles. The van der Waals surface area contributed by atoms with Crippen LogP contribution in [0, 0.1) is 0 Å². The fraction of sp³-hybridized carbons (Fsp3) is 0.375. The molecule has 0 aliphatic carbocycles. The van der Waals surface area contributed by atoms with E-state index in [0.717, 1.165) is 11.8 Å². The van der Waals surface area contributed by atoms with Crippen LogP contribution in [0.4, 0.5) is 0 Å². The topological polar surface area (TPSA) is 73.1 Å². The molecule has 1 aromatic rings. The van der Waals surface area contributed by atoms with Crippen molar-refractivity contribution in [1.29, 1.82) is 0 Å². The summed E-state index contributed by atoms with van der Waals surface area (Å²) in [6.45, 7) is 1.82. The molecule has 0 amide bonds. The van der Waals surface area contributed by atoms with E-state index in [0.29, 0.717) is 0 Å². The first-order valence-electron chi connectivity index (χ1n) is 3.83. The fourth-order valence-electron chi connectivity index (χ4n) is 0.880. The third-order valence-corrected chi connectivity index (χ3v) is 2.67. The molecule has 1 aromatic heterocycles. The molecular formula is C8H12N2O2S. The lowest BCUT2D eigenvalue weighted by molar-refractivity contribution is 0.598. The Kier molecular flexibility index (Phi) is 2.68. The largest absolute Gasteiger partial charge is 0.324 e. The van der Waals surface area contributed by atoms with Crippen molar-refractivity contribution < 1.29 is 8.42 Å². The molecule has 1 rings (SSSR count). The Balaban J connectivity index is 3.08. The first-order valence-corrected chi connectivity index (χ1v) is 5.72. The van der Waals surface area contributed by atoms with Gasteiger partial charge in [0.15, 0.2) is 14.9 Å². The molecule has 72 valence electrons. The number of rotatable bonds is 2. The van der Waals surface area contributed by atoms with Gasteiger partial charge in [-0.2, -0.15) is 0 Å². The molecule has 0 spiro atoms. The smallest absolute Gasteiger partial charge is 0.192 e. The lowest BCUT2D eigenvalue weighted by atomic mass is 10.2. The summed E-state index contributed by atoms with van der Waals surface area (Å²) >= 11 is 0. The number of hydrogen-bond donors (Lipinski definition) is 1. The molecule has 0 bridgehead atoms. The third-order valence-electron chi connectivity index (χ3n) is 1.66. The zero-order valence-electron chi connectivity index (χ0n) is 7.56. The van der Waals surface area contributed by atoms with E-state index in [-0.39, 0.29) is 11.1 Å². The number of pyridine rings is 1. The van der Waals surface area contributed by atoms with Gasteiger partial charge in [-0.15, -0.1) is 0 Å². The summed E-state index contributed by atoms with van der Waals surface area (Å²) < 4.78 is 22.0. The minimum Gasteiger partial charge on any atom is -0.324 e. The van der Waals surface area contributed by atoms with Crippen molar-refractivity contribution in [2.75, 3.05) is 6.26 Å². The number of hydrogen-bond acceptors (Lipinski definition) is 4. The van der Waals surface area contributed by atoms with E-state index in [1.165, 1.54) is 12.3 Å². The highest BCUT2D eigenvalue weighted by atomic mass is 32.2. The summed E-state index contributed by atoms with van der Waals surface area (Å²) in [7, 11) is -3.20. The Morgan fingerprint density at radius 1 is 1.46 bits per heavy atom. The lowest BCUT2D eigenvalue weighted by Gasteiger charge is -2.04. The number of sulfone groups is 1. The molecule has 1 heterocycles. The van der Waals surface area contributed by atoms with Crippen molar-refractivity contribution in [2.45, 2.75) is 18.0 Å². The minimum atomic E-state index is -3.20. The van der Waals surface area contributed by atoms with Gasteiger partial charge in [0.1, 0.15) is 0 Å². The van der Waals surface area contributed by atoms with Gasteiger partial charge in [-0.1, -0.05) is 6.07 Å². The van der Waals surface area contributed by atoms with Crippen molar-refractivity contribution in [3.63, 3.8) is 0 Å². The maximum atomic E-state index is 11.0. The molecule has 5 heteroatoms. The molecule has 0 aromatic carbocycles. The zero-order chi connectivity index (χ0) is 10.1. The van der Waals surface area contributed by atoms with Gasteiger partial charge in [-0.05, 0) is 18.6 Å². The second kappa shape index (κ2) is 3.43. The molecule has 1 unspecified atom stereocenters. The van der Waals surface area contributed by atoms with Crippen molar-refractivity contribution >= 4 is 9.84 Å². The van der Waals surface area contributed by atoms with Gasteiger partial charge in [-0.25, -0.2) is 13.4 Å².